The Morgan fingerprint density at radius 2 is 1.78 bits per heavy atom. The van der Waals surface area contributed by atoms with Crippen LogP contribution in [0, 0.1) is 6.92 Å². The molecule has 2 aromatic heterocycles. The Kier molecular flexibility index (Phi) is 4.21. The number of primary amides is 1. The van der Waals surface area contributed by atoms with E-state index < -0.39 is 5.91 Å². The molecule has 0 atom stereocenters. The predicted octanol–water partition coefficient (Wildman–Crippen LogP) is 3.75. The minimum Gasteiger partial charge on any atom is -0.366 e. The maximum atomic E-state index is 12.6. The van der Waals surface area contributed by atoms with Gasteiger partial charge >= 0.3 is 0 Å². The first-order valence-electron chi connectivity index (χ1n) is 8.29. The van der Waals surface area contributed by atoms with Crippen LogP contribution < -0.4 is 11.1 Å². The van der Waals surface area contributed by atoms with Gasteiger partial charge in [0.15, 0.2) is 0 Å². The zero-order chi connectivity index (χ0) is 19.0. The lowest BCUT2D eigenvalue weighted by Crippen LogP contribution is -2.12. The van der Waals surface area contributed by atoms with Crippen LogP contribution in [0.5, 0.6) is 0 Å². The number of para-hydroxylation sites is 1. The fourth-order valence-corrected chi connectivity index (χ4v) is 3.89. The van der Waals surface area contributed by atoms with Crippen LogP contribution in [-0.2, 0) is 0 Å². The molecule has 134 valence electrons. The lowest BCUT2D eigenvalue weighted by atomic mass is 10.2. The summed E-state index contributed by atoms with van der Waals surface area (Å²) in [5, 5.41) is 8.38. The van der Waals surface area contributed by atoms with Gasteiger partial charge in [-0.2, -0.15) is 5.10 Å². The van der Waals surface area contributed by atoms with Crippen molar-refractivity contribution in [2.75, 3.05) is 5.32 Å². The standard InChI is InChI=1S/C20H16N4O2S/c1-12-16-11-17(19(26)22-14-9-7-13(8-10-14)18(21)25)27-20(16)24(23-12)15-5-3-2-4-6-15/h2-11H,1H3,(H2,21,25)(H,22,26). The summed E-state index contributed by atoms with van der Waals surface area (Å²) >= 11 is 1.39. The topological polar surface area (TPSA) is 90.0 Å². The zero-order valence-corrected chi connectivity index (χ0v) is 15.3. The van der Waals surface area contributed by atoms with E-state index in [1.807, 2.05) is 48.0 Å². The van der Waals surface area contributed by atoms with E-state index in [4.69, 9.17) is 5.73 Å². The molecule has 6 nitrogen and oxygen atoms in total. The molecule has 3 N–H and O–H groups in total. The van der Waals surface area contributed by atoms with Crippen LogP contribution in [0.3, 0.4) is 0 Å². The lowest BCUT2D eigenvalue weighted by molar-refractivity contribution is 0.0998. The van der Waals surface area contributed by atoms with Gasteiger partial charge in [0.1, 0.15) is 4.83 Å². The Morgan fingerprint density at radius 3 is 2.44 bits per heavy atom. The lowest BCUT2D eigenvalue weighted by Gasteiger charge is -2.04. The number of nitrogens with two attached hydrogens (primary N) is 1. The molecule has 0 unspecified atom stereocenters. The van der Waals surface area contributed by atoms with Crippen molar-refractivity contribution < 1.29 is 9.59 Å². The summed E-state index contributed by atoms with van der Waals surface area (Å²) in [7, 11) is 0. The van der Waals surface area contributed by atoms with Gasteiger partial charge < -0.3 is 11.1 Å². The second kappa shape index (κ2) is 6.69. The number of fused-ring (bicyclic) bond motifs is 1. The van der Waals surface area contributed by atoms with Crippen molar-refractivity contribution in [3.8, 4) is 5.69 Å². The van der Waals surface area contributed by atoms with Gasteiger partial charge in [0.2, 0.25) is 5.91 Å². The number of thiophene rings is 1. The quantitative estimate of drug-likeness (QED) is 0.568. The van der Waals surface area contributed by atoms with Gasteiger partial charge in [0.25, 0.3) is 5.91 Å². The molecule has 2 heterocycles. The van der Waals surface area contributed by atoms with Crippen LogP contribution in [0.4, 0.5) is 5.69 Å². The predicted molar refractivity (Wildman–Crippen MR) is 107 cm³/mol. The molecular weight excluding hydrogens is 360 g/mol. The Bertz CT molecular complexity index is 1140. The smallest absolute Gasteiger partial charge is 0.265 e. The number of benzene rings is 2. The first-order chi connectivity index (χ1) is 13.0. The molecule has 7 heteroatoms. The highest BCUT2D eigenvalue weighted by Crippen LogP contribution is 2.30. The Hall–Kier alpha value is -3.45. The maximum Gasteiger partial charge on any atom is 0.265 e. The molecular formula is C20H16N4O2S. The summed E-state index contributed by atoms with van der Waals surface area (Å²) in [5.41, 5.74) is 8.05. The molecule has 2 amide bonds. The normalized spacial score (nSPS) is 10.9. The first kappa shape index (κ1) is 17.0. The fraction of sp³-hybridized carbons (Fsp3) is 0.0500. The Morgan fingerprint density at radius 1 is 1.07 bits per heavy atom. The minimum atomic E-state index is -0.502. The SMILES string of the molecule is Cc1nn(-c2ccccc2)c2sc(C(=O)Nc3ccc(C(N)=O)cc3)cc12. The molecule has 27 heavy (non-hydrogen) atoms. The largest absolute Gasteiger partial charge is 0.366 e. The van der Waals surface area contributed by atoms with E-state index in [0.717, 1.165) is 21.6 Å². The number of rotatable bonds is 4. The van der Waals surface area contributed by atoms with E-state index in [0.29, 0.717) is 16.1 Å². The van der Waals surface area contributed by atoms with Crippen molar-refractivity contribution in [3.63, 3.8) is 0 Å². The minimum absolute atomic E-state index is 0.206. The fourth-order valence-electron chi connectivity index (χ4n) is 2.81. The number of hydrogen-bond acceptors (Lipinski definition) is 4. The van der Waals surface area contributed by atoms with Crippen LogP contribution in [0.1, 0.15) is 25.7 Å². The Labute approximate surface area is 159 Å². The second-order valence-electron chi connectivity index (χ2n) is 6.06. The maximum absolute atomic E-state index is 12.6. The number of nitrogens with one attached hydrogen (secondary N) is 1. The number of nitrogens with zero attached hydrogens (tertiary/aromatic N) is 2. The number of anilines is 1. The van der Waals surface area contributed by atoms with E-state index in [-0.39, 0.29) is 5.91 Å². The first-order valence-corrected chi connectivity index (χ1v) is 9.10. The molecule has 0 saturated heterocycles. The van der Waals surface area contributed by atoms with Gasteiger partial charge in [-0.15, -0.1) is 11.3 Å². The van der Waals surface area contributed by atoms with Gasteiger partial charge in [0, 0.05) is 16.6 Å². The van der Waals surface area contributed by atoms with Crippen LogP contribution in [-0.4, -0.2) is 21.6 Å². The molecule has 4 rings (SSSR count). The number of amides is 2. The van der Waals surface area contributed by atoms with E-state index >= 15 is 0 Å². The van der Waals surface area contributed by atoms with E-state index in [1.54, 1.807) is 24.3 Å². The number of hydrogen-bond donors (Lipinski definition) is 2. The second-order valence-corrected chi connectivity index (χ2v) is 7.09. The number of aromatic nitrogens is 2. The molecule has 4 aromatic rings. The van der Waals surface area contributed by atoms with Gasteiger partial charge in [-0.05, 0) is 49.4 Å². The van der Waals surface area contributed by atoms with E-state index in [2.05, 4.69) is 10.4 Å². The summed E-state index contributed by atoms with van der Waals surface area (Å²) < 4.78 is 1.85. The third-order valence-corrected chi connectivity index (χ3v) is 5.31. The highest BCUT2D eigenvalue weighted by atomic mass is 32.1. The molecule has 0 aliphatic rings. The summed E-state index contributed by atoms with van der Waals surface area (Å²) in [5.74, 6) is -0.708. The van der Waals surface area contributed by atoms with E-state index in [9.17, 15) is 9.59 Å². The van der Waals surface area contributed by atoms with Crippen LogP contribution >= 0.6 is 11.3 Å². The van der Waals surface area contributed by atoms with Crippen molar-refractivity contribution in [1.29, 1.82) is 0 Å². The van der Waals surface area contributed by atoms with Crippen molar-refractivity contribution in [3.05, 3.63) is 76.8 Å². The molecule has 0 aliphatic heterocycles. The third-order valence-electron chi connectivity index (χ3n) is 4.20. The molecule has 2 aromatic carbocycles. The third kappa shape index (κ3) is 3.20. The van der Waals surface area contributed by atoms with E-state index in [1.165, 1.54) is 11.3 Å². The summed E-state index contributed by atoms with van der Waals surface area (Å²) in [6, 6.07) is 18.1. The summed E-state index contributed by atoms with van der Waals surface area (Å²) in [6.07, 6.45) is 0. The van der Waals surface area contributed by atoms with Crippen LogP contribution in [0.15, 0.2) is 60.7 Å². The number of carbonyl (C=O) groups excluding carboxylic acids is 2. The zero-order valence-electron chi connectivity index (χ0n) is 14.5. The molecule has 0 bridgehead atoms. The summed E-state index contributed by atoms with van der Waals surface area (Å²) in [6.45, 7) is 1.93. The number of aryl methyl sites for hydroxylation is 1. The summed E-state index contributed by atoms with van der Waals surface area (Å²) in [4.78, 5) is 25.3. The number of carbonyl (C=O) groups is 2. The van der Waals surface area contributed by atoms with Crippen LogP contribution in [0.2, 0.25) is 0 Å². The van der Waals surface area contributed by atoms with Gasteiger partial charge in [-0.3, -0.25) is 9.59 Å². The average Bonchev–Trinajstić information content (AvgIpc) is 3.24. The highest BCUT2D eigenvalue weighted by Gasteiger charge is 2.17. The van der Waals surface area contributed by atoms with Crippen molar-refractivity contribution >= 4 is 39.1 Å². The van der Waals surface area contributed by atoms with Crippen molar-refractivity contribution in [1.82, 2.24) is 9.78 Å². The molecule has 0 spiro atoms. The van der Waals surface area contributed by atoms with Gasteiger partial charge in [-0.25, -0.2) is 4.68 Å². The van der Waals surface area contributed by atoms with Crippen molar-refractivity contribution in [2.45, 2.75) is 6.92 Å². The van der Waals surface area contributed by atoms with Gasteiger partial charge in [0.05, 0.1) is 16.3 Å². The monoisotopic (exact) mass is 376 g/mol. The molecule has 0 saturated carbocycles. The molecule has 0 radical (unpaired) electrons. The average molecular weight is 376 g/mol. The molecule has 0 fully saturated rings. The molecule has 0 aliphatic carbocycles. The van der Waals surface area contributed by atoms with Crippen LogP contribution in [0.25, 0.3) is 15.9 Å². The van der Waals surface area contributed by atoms with Crippen molar-refractivity contribution in [2.24, 2.45) is 5.73 Å². The van der Waals surface area contributed by atoms with Gasteiger partial charge in [-0.1, -0.05) is 18.2 Å². The Balaban J connectivity index is 1.64. The highest BCUT2D eigenvalue weighted by molar-refractivity contribution is 7.20.